The molecular weight excluding hydrogens is 288 g/mol. The lowest BCUT2D eigenvalue weighted by molar-refractivity contribution is 0.0945. The summed E-state index contributed by atoms with van der Waals surface area (Å²) in [7, 11) is 1.85. The van der Waals surface area contributed by atoms with Crippen LogP contribution >= 0.6 is 11.3 Å². The zero-order valence-corrected chi connectivity index (χ0v) is 13.1. The Bertz CT molecular complexity index is 699. The third kappa shape index (κ3) is 2.40. The summed E-state index contributed by atoms with van der Waals surface area (Å²) >= 11 is 1.38. The van der Waals surface area contributed by atoms with E-state index < -0.39 is 0 Å². The minimum absolute atomic E-state index is 0.104. The first-order chi connectivity index (χ1) is 9.97. The summed E-state index contributed by atoms with van der Waals surface area (Å²) in [5, 5.41) is 17.2. The normalized spacial score (nSPS) is 16.3. The van der Waals surface area contributed by atoms with E-state index in [4.69, 9.17) is 10.8 Å². The van der Waals surface area contributed by atoms with E-state index in [2.05, 4.69) is 10.4 Å². The lowest BCUT2D eigenvalue weighted by atomic mass is 10.0. The van der Waals surface area contributed by atoms with E-state index >= 15 is 0 Å². The maximum absolute atomic E-state index is 12.4. The predicted molar refractivity (Wildman–Crippen MR) is 83.4 cm³/mol. The van der Waals surface area contributed by atoms with Crippen molar-refractivity contribution in [3.63, 3.8) is 0 Å². The van der Waals surface area contributed by atoms with Gasteiger partial charge in [0.05, 0.1) is 16.8 Å². The average Bonchev–Trinajstić information content (AvgIpc) is 3.02. The van der Waals surface area contributed by atoms with Crippen LogP contribution in [0.4, 0.5) is 5.69 Å². The molecule has 0 spiro atoms. The predicted octanol–water partition coefficient (Wildman–Crippen LogP) is 1.42. The zero-order valence-electron chi connectivity index (χ0n) is 12.3. The molecule has 0 bridgehead atoms. The molecule has 0 aromatic carbocycles. The number of aliphatic hydroxyl groups is 1. The Morgan fingerprint density at radius 2 is 2.29 bits per heavy atom. The van der Waals surface area contributed by atoms with Gasteiger partial charge in [0.1, 0.15) is 9.71 Å². The highest BCUT2D eigenvalue weighted by atomic mass is 32.1. The second kappa shape index (κ2) is 4.99. The molecular formula is C14H20N4O2S. The number of carbonyl (C=O) groups excluding carboxylic acids is 1. The van der Waals surface area contributed by atoms with E-state index in [0.717, 1.165) is 35.2 Å². The largest absolute Gasteiger partial charge is 0.397 e. The number of nitrogen functional groups attached to an aromatic ring is 1. The van der Waals surface area contributed by atoms with Crippen molar-refractivity contribution < 1.29 is 9.90 Å². The molecule has 2 aromatic rings. The molecule has 2 heterocycles. The fraction of sp³-hybridized carbons (Fsp3) is 0.571. The Balaban J connectivity index is 1.79. The van der Waals surface area contributed by atoms with Crippen molar-refractivity contribution in [1.29, 1.82) is 0 Å². The van der Waals surface area contributed by atoms with Gasteiger partial charge >= 0.3 is 0 Å². The Labute approximate surface area is 126 Å². The van der Waals surface area contributed by atoms with Gasteiger partial charge in [0, 0.05) is 20.2 Å². The molecule has 1 aliphatic rings. The summed E-state index contributed by atoms with van der Waals surface area (Å²) in [6.45, 7) is 2.68. The van der Waals surface area contributed by atoms with Crippen molar-refractivity contribution in [1.82, 2.24) is 15.1 Å². The lowest BCUT2D eigenvalue weighted by Crippen LogP contribution is -2.30. The first kappa shape index (κ1) is 14.3. The van der Waals surface area contributed by atoms with Crippen LogP contribution in [0.5, 0.6) is 0 Å². The van der Waals surface area contributed by atoms with Gasteiger partial charge in [-0.1, -0.05) is 0 Å². The summed E-state index contributed by atoms with van der Waals surface area (Å²) in [4.78, 5) is 13.8. The molecule has 1 saturated carbocycles. The molecule has 0 radical (unpaired) electrons. The van der Waals surface area contributed by atoms with E-state index in [-0.39, 0.29) is 17.9 Å². The summed E-state index contributed by atoms with van der Waals surface area (Å²) in [6.07, 6.45) is 2.88. The van der Waals surface area contributed by atoms with Crippen molar-refractivity contribution in [2.24, 2.45) is 12.5 Å². The third-order valence-corrected chi connectivity index (χ3v) is 5.58. The third-order valence-electron chi connectivity index (χ3n) is 4.31. The van der Waals surface area contributed by atoms with Crippen molar-refractivity contribution in [2.45, 2.75) is 26.2 Å². The number of hydrogen-bond donors (Lipinski definition) is 3. The van der Waals surface area contributed by atoms with Crippen LogP contribution in [-0.2, 0) is 7.05 Å². The van der Waals surface area contributed by atoms with Gasteiger partial charge in [-0.25, -0.2) is 0 Å². The maximum Gasteiger partial charge on any atom is 0.263 e. The van der Waals surface area contributed by atoms with Crippen molar-refractivity contribution >= 4 is 33.1 Å². The molecule has 7 heteroatoms. The summed E-state index contributed by atoms with van der Waals surface area (Å²) < 4.78 is 1.76. The van der Waals surface area contributed by atoms with Crippen LogP contribution in [-0.4, -0.2) is 33.9 Å². The number of carbonyl (C=O) groups is 1. The number of fused-ring (bicyclic) bond motifs is 1. The molecule has 1 amide bonds. The van der Waals surface area contributed by atoms with E-state index in [9.17, 15) is 4.79 Å². The number of aliphatic hydroxyl groups excluding tert-OH is 1. The van der Waals surface area contributed by atoms with Crippen LogP contribution in [0, 0.1) is 12.3 Å². The van der Waals surface area contributed by atoms with Gasteiger partial charge in [-0.2, -0.15) is 5.10 Å². The van der Waals surface area contributed by atoms with Gasteiger partial charge in [0.25, 0.3) is 5.91 Å². The van der Waals surface area contributed by atoms with Crippen molar-refractivity contribution in [2.75, 3.05) is 18.9 Å². The van der Waals surface area contributed by atoms with E-state index in [1.165, 1.54) is 11.3 Å². The highest BCUT2D eigenvalue weighted by Gasteiger charge is 2.42. The van der Waals surface area contributed by atoms with E-state index in [1.807, 2.05) is 14.0 Å². The zero-order chi connectivity index (χ0) is 15.2. The highest BCUT2D eigenvalue weighted by Crippen LogP contribution is 2.48. The SMILES string of the molecule is Cc1nn(C)c2sc(C(=O)NCC3(CCO)CC3)c(N)c12. The van der Waals surface area contributed by atoms with E-state index in [0.29, 0.717) is 17.1 Å². The monoisotopic (exact) mass is 308 g/mol. The smallest absolute Gasteiger partial charge is 0.263 e. The Hall–Kier alpha value is -1.60. The second-order valence-corrected chi connectivity index (χ2v) is 6.89. The Kier molecular flexibility index (Phi) is 3.41. The maximum atomic E-state index is 12.4. The van der Waals surface area contributed by atoms with Crippen LogP contribution in [0.2, 0.25) is 0 Å². The quantitative estimate of drug-likeness (QED) is 0.778. The molecule has 2 aromatic heterocycles. The van der Waals surface area contributed by atoms with Gasteiger partial charge in [-0.05, 0) is 31.6 Å². The number of anilines is 1. The van der Waals surface area contributed by atoms with Gasteiger partial charge in [-0.3, -0.25) is 9.48 Å². The van der Waals surface area contributed by atoms with E-state index in [1.54, 1.807) is 4.68 Å². The number of thiophene rings is 1. The number of aromatic nitrogens is 2. The Morgan fingerprint density at radius 1 is 1.57 bits per heavy atom. The number of amides is 1. The Morgan fingerprint density at radius 3 is 2.86 bits per heavy atom. The fourth-order valence-electron chi connectivity index (χ4n) is 2.78. The van der Waals surface area contributed by atoms with Gasteiger partial charge in [0.2, 0.25) is 0 Å². The number of aryl methyl sites for hydroxylation is 2. The van der Waals surface area contributed by atoms with Gasteiger partial charge in [0.15, 0.2) is 0 Å². The summed E-state index contributed by atoms with van der Waals surface area (Å²) in [6, 6.07) is 0. The number of rotatable bonds is 5. The first-order valence-corrected chi connectivity index (χ1v) is 7.90. The molecule has 114 valence electrons. The van der Waals surface area contributed by atoms with Crippen LogP contribution in [0.25, 0.3) is 10.2 Å². The molecule has 6 nitrogen and oxygen atoms in total. The molecule has 1 aliphatic carbocycles. The molecule has 0 unspecified atom stereocenters. The molecule has 0 aliphatic heterocycles. The van der Waals surface area contributed by atoms with Crippen LogP contribution in [0.15, 0.2) is 0 Å². The van der Waals surface area contributed by atoms with Gasteiger partial charge in [-0.15, -0.1) is 11.3 Å². The molecule has 0 saturated heterocycles. The lowest BCUT2D eigenvalue weighted by Gasteiger charge is -2.14. The fourth-order valence-corrected chi connectivity index (χ4v) is 3.88. The molecule has 4 N–H and O–H groups in total. The number of nitrogens with two attached hydrogens (primary N) is 1. The standard InChI is InChI=1S/C14H20N4O2S/c1-8-9-10(15)11(21-13(9)18(2)17-8)12(20)16-7-14(3-4-14)5-6-19/h19H,3-7,15H2,1-2H3,(H,16,20). The van der Waals surface area contributed by atoms with Crippen molar-refractivity contribution in [3.8, 4) is 0 Å². The number of hydrogen-bond acceptors (Lipinski definition) is 5. The number of nitrogens with zero attached hydrogens (tertiary/aromatic N) is 2. The minimum Gasteiger partial charge on any atom is -0.397 e. The minimum atomic E-state index is -0.127. The molecule has 1 fully saturated rings. The second-order valence-electron chi connectivity index (χ2n) is 5.89. The molecule has 21 heavy (non-hydrogen) atoms. The van der Waals surface area contributed by atoms with Crippen LogP contribution < -0.4 is 11.1 Å². The first-order valence-electron chi connectivity index (χ1n) is 7.08. The summed E-state index contributed by atoms with van der Waals surface area (Å²) in [5.74, 6) is -0.127. The van der Waals surface area contributed by atoms with Crippen LogP contribution in [0.1, 0.15) is 34.6 Å². The summed E-state index contributed by atoms with van der Waals surface area (Å²) in [5.41, 5.74) is 7.59. The van der Waals surface area contributed by atoms with Gasteiger partial charge < -0.3 is 16.2 Å². The average molecular weight is 308 g/mol. The van der Waals surface area contributed by atoms with Crippen LogP contribution in [0.3, 0.4) is 0 Å². The number of nitrogens with one attached hydrogen (secondary N) is 1. The molecule has 3 rings (SSSR count). The topological polar surface area (TPSA) is 93.2 Å². The highest BCUT2D eigenvalue weighted by molar-refractivity contribution is 7.21. The molecule has 0 atom stereocenters. The van der Waals surface area contributed by atoms with Crippen molar-refractivity contribution in [3.05, 3.63) is 10.6 Å².